The van der Waals surface area contributed by atoms with Crippen molar-refractivity contribution >= 4 is 0 Å². The van der Waals surface area contributed by atoms with Gasteiger partial charge in [0.2, 0.25) is 0 Å². The summed E-state index contributed by atoms with van der Waals surface area (Å²) < 4.78 is 0. The van der Waals surface area contributed by atoms with Crippen molar-refractivity contribution in [1.82, 2.24) is 4.98 Å². The lowest BCUT2D eigenvalue weighted by atomic mass is 9.84. The van der Waals surface area contributed by atoms with Crippen LogP contribution < -0.4 is 0 Å². The summed E-state index contributed by atoms with van der Waals surface area (Å²) in [5.41, 5.74) is 3.02. The van der Waals surface area contributed by atoms with Crippen LogP contribution in [-0.2, 0) is 0 Å². The Morgan fingerprint density at radius 1 is 1.00 bits per heavy atom. The van der Waals surface area contributed by atoms with Crippen LogP contribution in [-0.4, -0.2) is 4.98 Å². The Bertz CT molecular complexity index is 399. The zero-order valence-electron chi connectivity index (χ0n) is 14.1. The third-order valence-corrected chi connectivity index (χ3v) is 5.20. The number of fused-ring (bicyclic) bond motifs is 1. The molecule has 2 rings (SSSR count). The highest BCUT2D eigenvalue weighted by Gasteiger charge is 2.21. The summed E-state index contributed by atoms with van der Waals surface area (Å²) in [6.45, 7) is 4.65. The lowest BCUT2D eigenvalue weighted by molar-refractivity contribution is 0.497. The molecule has 1 aliphatic rings. The second kappa shape index (κ2) is 9.23. The van der Waals surface area contributed by atoms with Crippen LogP contribution in [0.4, 0.5) is 0 Å². The monoisotopic (exact) mass is 287 g/mol. The molecule has 0 aromatic carbocycles. The van der Waals surface area contributed by atoms with Gasteiger partial charge >= 0.3 is 0 Å². The number of nitrogens with zero attached hydrogens (tertiary/aromatic N) is 1. The first-order valence-corrected chi connectivity index (χ1v) is 9.31. The molecule has 0 amide bonds. The van der Waals surface area contributed by atoms with Crippen LogP contribution in [0.25, 0.3) is 0 Å². The Balaban J connectivity index is 2.26. The van der Waals surface area contributed by atoms with Crippen molar-refractivity contribution in [3.05, 3.63) is 29.6 Å². The number of aromatic nitrogens is 1. The minimum Gasteiger partial charge on any atom is -0.261 e. The number of pyridine rings is 1. The topological polar surface area (TPSA) is 12.9 Å². The van der Waals surface area contributed by atoms with Gasteiger partial charge in [0.15, 0.2) is 0 Å². The molecule has 1 nitrogen and oxygen atoms in total. The van der Waals surface area contributed by atoms with Gasteiger partial charge in [-0.2, -0.15) is 0 Å². The summed E-state index contributed by atoms with van der Waals surface area (Å²) >= 11 is 0. The third-order valence-electron chi connectivity index (χ3n) is 5.20. The van der Waals surface area contributed by atoms with E-state index in [2.05, 4.69) is 26.0 Å². The summed E-state index contributed by atoms with van der Waals surface area (Å²) in [4.78, 5) is 4.86. The van der Waals surface area contributed by atoms with Crippen molar-refractivity contribution in [1.29, 1.82) is 0 Å². The molecule has 1 heterocycles. The molecule has 21 heavy (non-hydrogen) atoms. The molecular formula is C20H33N. The van der Waals surface area contributed by atoms with E-state index in [0.717, 1.165) is 5.92 Å². The molecule has 0 bridgehead atoms. The molecule has 2 atom stereocenters. The van der Waals surface area contributed by atoms with Crippen LogP contribution in [0.1, 0.15) is 108 Å². The van der Waals surface area contributed by atoms with Gasteiger partial charge in [-0.25, -0.2) is 0 Å². The molecular weight excluding hydrogens is 254 g/mol. The minimum atomic E-state index is 0.702. The zero-order chi connectivity index (χ0) is 14.9. The Morgan fingerprint density at radius 2 is 1.71 bits per heavy atom. The molecule has 0 aliphatic heterocycles. The molecule has 1 aromatic heterocycles. The van der Waals surface area contributed by atoms with E-state index in [9.17, 15) is 0 Å². The van der Waals surface area contributed by atoms with Gasteiger partial charge in [-0.05, 0) is 43.2 Å². The van der Waals surface area contributed by atoms with E-state index in [4.69, 9.17) is 4.98 Å². The van der Waals surface area contributed by atoms with Gasteiger partial charge in [-0.1, -0.05) is 64.9 Å². The van der Waals surface area contributed by atoms with Gasteiger partial charge in [0.1, 0.15) is 0 Å². The molecule has 1 aliphatic carbocycles. The molecule has 1 heteroatoms. The lowest BCUT2D eigenvalue weighted by Gasteiger charge is -2.23. The average molecular weight is 287 g/mol. The Labute approximate surface area is 131 Å². The molecule has 2 unspecified atom stereocenters. The van der Waals surface area contributed by atoms with Crippen LogP contribution in [0.5, 0.6) is 0 Å². The fourth-order valence-corrected chi connectivity index (χ4v) is 3.88. The van der Waals surface area contributed by atoms with E-state index < -0.39 is 0 Å². The second-order valence-electron chi connectivity index (χ2n) is 6.77. The SMILES string of the molecule is CCCCC1CCCCCCCC(CC)c2cccnc21. The van der Waals surface area contributed by atoms with E-state index in [1.165, 1.54) is 76.3 Å². The lowest BCUT2D eigenvalue weighted by Crippen LogP contribution is -2.09. The normalized spacial score (nSPS) is 24.1. The Hall–Kier alpha value is -0.850. The highest BCUT2D eigenvalue weighted by atomic mass is 14.7. The summed E-state index contributed by atoms with van der Waals surface area (Å²) in [5, 5.41) is 0. The van der Waals surface area contributed by atoms with Crippen molar-refractivity contribution in [2.45, 2.75) is 96.3 Å². The number of rotatable bonds is 4. The van der Waals surface area contributed by atoms with E-state index in [-0.39, 0.29) is 0 Å². The fourth-order valence-electron chi connectivity index (χ4n) is 3.88. The molecule has 0 radical (unpaired) electrons. The summed E-state index contributed by atoms with van der Waals surface area (Å²) in [5.74, 6) is 1.43. The molecule has 0 saturated heterocycles. The Morgan fingerprint density at radius 3 is 2.43 bits per heavy atom. The van der Waals surface area contributed by atoms with Crippen LogP contribution in [0.2, 0.25) is 0 Å². The van der Waals surface area contributed by atoms with Gasteiger partial charge < -0.3 is 0 Å². The highest BCUT2D eigenvalue weighted by molar-refractivity contribution is 5.27. The van der Waals surface area contributed by atoms with E-state index >= 15 is 0 Å². The van der Waals surface area contributed by atoms with Crippen LogP contribution >= 0.6 is 0 Å². The second-order valence-corrected chi connectivity index (χ2v) is 6.77. The van der Waals surface area contributed by atoms with E-state index in [1.54, 1.807) is 5.56 Å². The van der Waals surface area contributed by atoms with Crippen molar-refractivity contribution in [3.8, 4) is 0 Å². The number of hydrogen-bond donors (Lipinski definition) is 0. The van der Waals surface area contributed by atoms with Gasteiger partial charge in [-0.15, -0.1) is 0 Å². The summed E-state index contributed by atoms with van der Waals surface area (Å²) in [6, 6.07) is 4.52. The van der Waals surface area contributed by atoms with Gasteiger partial charge in [0.05, 0.1) is 0 Å². The van der Waals surface area contributed by atoms with Gasteiger partial charge in [0.25, 0.3) is 0 Å². The zero-order valence-corrected chi connectivity index (χ0v) is 14.1. The fraction of sp³-hybridized carbons (Fsp3) is 0.750. The average Bonchev–Trinajstić information content (AvgIpc) is 2.56. The quantitative estimate of drug-likeness (QED) is 0.608. The van der Waals surface area contributed by atoms with Gasteiger partial charge in [-0.3, -0.25) is 4.98 Å². The molecule has 0 saturated carbocycles. The van der Waals surface area contributed by atoms with Crippen molar-refractivity contribution in [2.24, 2.45) is 0 Å². The van der Waals surface area contributed by atoms with Crippen molar-refractivity contribution in [3.63, 3.8) is 0 Å². The summed E-state index contributed by atoms with van der Waals surface area (Å²) in [7, 11) is 0. The number of unbranched alkanes of at least 4 members (excludes halogenated alkanes) is 1. The van der Waals surface area contributed by atoms with Crippen molar-refractivity contribution < 1.29 is 0 Å². The highest BCUT2D eigenvalue weighted by Crippen LogP contribution is 2.36. The maximum atomic E-state index is 4.86. The molecule has 0 N–H and O–H groups in total. The molecule has 118 valence electrons. The predicted octanol–water partition coefficient (Wildman–Crippen LogP) is 6.59. The Kier molecular flexibility index (Phi) is 7.26. The van der Waals surface area contributed by atoms with Crippen LogP contribution in [0.3, 0.4) is 0 Å². The first-order chi connectivity index (χ1) is 10.4. The maximum Gasteiger partial charge on any atom is 0.0469 e. The molecule has 0 spiro atoms. The molecule has 1 aromatic rings. The standard InChI is InChI=1S/C20H33N/c1-3-5-12-18-14-10-8-6-7-9-13-17(4-2)19-15-11-16-21-20(18)19/h11,15-18H,3-10,12-14H2,1-2H3. The smallest absolute Gasteiger partial charge is 0.0469 e. The molecule has 0 fully saturated rings. The summed E-state index contributed by atoms with van der Waals surface area (Å²) in [6.07, 6.45) is 17.0. The number of hydrogen-bond acceptors (Lipinski definition) is 1. The minimum absolute atomic E-state index is 0.702. The maximum absolute atomic E-state index is 4.86. The van der Waals surface area contributed by atoms with Crippen molar-refractivity contribution in [2.75, 3.05) is 0 Å². The van der Waals surface area contributed by atoms with Crippen LogP contribution in [0.15, 0.2) is 18.3 Å². The van der Waals surface area contributed by atoms with Crippen LogP contribution in [0, 0.1) is 0 Å². The first kappa shape index (κ1) is 16.5. The van der Waals surface area contributed by atoms with Gasteiger partial charge in [0, 0.05) is 17.8 Å². The predicted molar refractivity (Wildman–Crippen MR) is 91.9 cm³/mol. The third kappa shape index (κ3) is 4.83. The van der Waals surface area contributed by atoms with E-state index in [0.29, 0.717) is 5.92 Å². The largest absolute Gasteiger partial charge is 0.261 e. The first-order valence-electron chi connectivity index (χ1n) is 9.31. The van der Waals surface area contributed by atoms with E-state index in [1.807, 2.05) is 6.20 Å².